The molecule has 2 saturated heterocycles. The van der Waals surface area contributed by atoms with E-state index in [0.29, 0.717) is 12.8 Å². The molecule has 0 aromatic heterocycles. The first-order valence-electron chi connectivity index (χ1n) is 9.89. The Bertz CT molecular complexity index is 772. The lowest BCUT2D eigenvalue weighted by Crippen LogP contribution is -2.75. The first-order chi connectivity index (χ1) is 12.7. The Hall–Kier alpha value is -1.88. The third kappa shape index (κ3) is 2.15. The molecule has 0 unspecified atom stereocenters. The lowest BCUT2D eigenvalue weighted by Gasteiger charge is -2.65. The van der Waals surface area contributed by atoms with Crippen molar-refractivity contribution < 1.29 is 24.2 Å². The minimum absolute atomic E-state index is 0.0432. The Morgan fingerprint density at radius 3 is 2.04 bits per heavy atom. The Kier molecular flexibility index (Phi) is 3.97. The van der Waals surface area contributed by atoms with Gasteiger partial charge >= 0.3 is 11.9 Å². The van der Waals surface area contributed by atoms with Crippen molar-refractivity contribution in [1.29, 1.82) is 0 Å². The highest BCUT2D eigenvalue weighted by atomic mass is 16.6. The Labute approximate surface area is 160 Å². The van der Waals surface area contributed by atoms with Crippen molar-refractivity contribution in [2.45, 2.75) is 64.8 Å². The first kappa shape index (κ1) is 18.5. The third-order valence-electron chi connectivity index (χ3n) is 7.00. The van der Waals surface area contributed by atoms with E-state index in [9.17, 15) is 14.7 Å². The Morgan fingerprint density at radius 2 is 1.52 bits per heavy atom. The highest BCUT2D eigenvalue weighted by Crippen LogP contribution is 2.67. The zero-order chi connectivity index (χ0) is 19.6. The van der Waals surface area contributed by atoms with Crippen molar-refractivity contribution in [3.63, 3.8) is 0 Å². The van der Waals surface area contributed by atoms with Crippen molar-refractivity contribution in [2.75, 3.05) is 0 Å². The second kappa shape index (κ2) is 5.81. The molecule has 1 N–H and O–H groups in total. The number of carbonyl (C=O) groups is 2. The average molecular weight is 372 g/mol. The Morgan fingerprint density at radius 1 is 0.926 bits per heavy atom. The molecule has 3 fully saturated rings. The van der Waals surface area contributed by atoms with Gasteiger partial charge < -0.3 is 14.6 Å². The minimum atomic E-state index is -1.35. The van der Waals surface area contributed by atoms with Gasteiger partial charge in [0.05, 0.1) is 0 Å². The van der Waals surface area contributed by atoms with Crippen molar-refractivity contribution in [3.8, 4) is 0 Å². The van der Waals surface area contributed by atoms with Crippen LogP contribution in [0.4, 0.5) is 0 Å². The second-order valence-electron chi connectivity index (χ2n) is 9.17. The van der Waals surface area contributed by atoms with Crippen LogP contribution in [0.2, 0.25) is 0 Å². The van der Waals surface area contributed by atoms with E-state index in [-0.39, 0.29) is 30.3 Å². The van der Waals surface area contributed by atoms with Crippen LogP contribution in [0.15, 0.2) is 30.3 Å². The number of hydrogen-bond donors (Lipinski definition) is 1. The summed E-state index contributed by atoms with van der Waals surface area (Å²) in [7, 11) is 0. The molecule has 1 aromatic rings. The van der Waals surface area contributed by atoms with E-state index >= 15 is 0 Å². The lowest BCUT2D eigenvalue weighted by atomic mass is 9.45. The van der Waals surface area contributed by atoms with Gasteiger partial charge in [-0.15, -0.1) is 0 Å². The van der Waals surface area contributed by atoms with Crippen LogP contribution in [0.5, 0.6) is 0 Å². The predicted molar refractivity (Wildman–Crippen MR) is 98.5 cm³/mol. The second-order valence-corrected chi connectivity index (χ2v) is 9.17. The molecular formula is C22H28O5. The van der Waals surface area contributed by atoms with Gasteiger partial charge in [0, 0.05) is 0 Å². The maximum atomic E-state index is 13.0. The van der Waals surface area contributed by atoms with E-state index in [1.54, 1.807) is 0 Å². The van der Waals surface area contributed by atoms with Crippen molar-refractivity contribution >= 4 is 11.9 Å². The van der Waals surface area contributed by atoms with E-state index in [4.69, 9.17) is 9.47 Å². The zero-order valence-electron chi connectivity index (χ0n) is 16.4. The summed E-state index contributed by atoms with van der Waals surface area (Å²) in [5.74, 6) is -0.426. The Balaban J connectivity index is 1.84. The molecule has 1 aliphatic carbocycles. The number of carbonyl (C=O) groups excluding carboxylic acids is 2. The molecule has 5 heteroatoms. The molecule has 0 bridgehead atoms. The molecule has 0 radical (unpaired) electrons. The summed E-state index contributed by atoms with van der Waals surface area (Å²) in [6, 6.07) is 9.35. The SMILES string of the molecule is CC(C)[C@@H]1OC(=O)[C@]12CC[C@](O)(c1ccccc1)[C@]1(C2)C(=O)O[C@H]1C(C)C. The monoisotopic (exact) mass is 372 g/mol. The van der Waals surface area contributed by atoms with Crippen LogP contribution in [-0.2, 0) is 24.7 Å². The van der Waals surface area contributed by atoms with E-state index in [2.05, 4.69) is 0 Å². The minimum Gasteiger partial charge on any atom is -0.460 e. The van der Waals surface area contributed by atoms with Crippen molar-refractivity contribution in [2.24, 2.45) is 22.7 Å². The van der Waals surface area contributed by atoms with Gasteiger partial charge in [-0.2, -0.15) is 0 Å². The highest BCUT2D eigenvalue weighted by Gasteiger charge is 2.78. The maximum absolute atomic E-state index is 13.0. The summed E-state index contributed by atoms with van der Waals surface area (Å²) < 4.78 is 11.0. The summed E-state index contributed by atoms with van der Waals surface area (Å²) >= 11 is 0. The molecule has 146 valence electrons. The number of cyclic esters (lactones) is 2. The van der Waals surface area contributed by atoms with Gasteiger partial charge in [-0.1, -0.05) is 58.0 Å². The maximum Gasteiger partial charge on any atom is 0.319 e. The number of aliphatic hydroxyl groups is 1. The molecule has 5 nitrogen and oxygen atoms in total. The molecule has 2 aliphatic heterocycles. The van der Waals surface area contributed by atoms with E-state index in [0.717, 1.165) is 5.56 Å². The van der Waals surface area contributed by atoms with Crippen molar-refractivity contribution in [1.82, 2.24) is 0 Å². The standard InChI is InChI=1S/C22H28O5/c1-13(2)16-20(18(23)26-16)10-11-22(25,15-8-6-5-7-9-15)21(12-20)17(14(3)4)27-19(21)24/h5-9,13-14,16-17,25H,10-12H2,1-4H3/t16-,17-,20-,21-,22-/m0/s1. The van der Waals surface area contributed by atoms with E-state index in [1.165, 1.54) is 0 Å². The van der Waals surface area contributed by atoms with Gasteiger partial charge in [-0.3, -0.25) is 9.59 Å². The van der Waals surface area contributed by atoms with Crippen LogP contribution >= 0.6 is 0 Å². The van der Waals surface area contributed by atoms with Gasteiger partial charge in [0.25, 0.3) is 0 Å². The number of hydrogen-bond acceptors (Lipinski definition) is 5. The number of esters is 2. The van der Waals surface area contributed by atoms with Gasteiger partial charge in [-0.25, -0.2) is 0 Å². The first-order valence-corrected chi connectivity index (χ1v) is 9.89. The summed E-state index contributed by atoms with van der Waals surface area (Å²) in [5.41, 5.74) is -2.45. The van der Waals surface area contributed by atoms with Crippen LogP contribution in [0.1, 0.15) is 52.5 Å². The van der Waals surface area contributed by atoms with Crippen LogP contribution < -0.4 is 0 Å². The average Bonchev–Trinajstić information content (AvgIpc) is 2.64. The summed E-state index contributed by atoms with van der Waals surface area (Å²) in [6.07, 6.45) is 0.500. The molecule has 3 aliphatic rings. The van der Waals surface area contributed by atoms with Gasteiger partial charge in [0.2, 0.25) is 0 Å². The fraction of sp³-hybridized carbons (Fsp3) is 0.636. The molecule has 2 spiro atoms. The smallest absolute Gasteiger partial charge is 0.319 e. The largest absolute Gasteiger partial charge is 0.460 e. The van der Waals surface area contributed by atoms with Crippen LogP contribution in [-0.4, -0.2) is 29.3 Å². The summed E-state index contributed by atoms with van der Waals surface area (Å²) in [6.45, 7) is 8.04. The molecule has 1 saturated carbocycles. The van der Waals surface area contributed by atoms with Gasteiger partial charge in [-0.05, 0) is 36.7 Å². The van der Waals surface area contributed by atoms with Crippen LogP contribution in [0, 0.1) is 22.7 Å². The summed E-state index contributed by atoms with van der Waals surface area (Å²) in [4.78, 5) is 25.6. The van der Waals surface area contributed by atoms with Gasteiger partial charge in [0.15, 0.2) is 0 Å². The summed E-state index contributed by atoms with van der Waals surface area (Å²) in [5, 5.41) is 11.9. The topological polar surface area (TPSA) is 72.8 Å². The molecule has 2 heterocycles. The predicted octanol–water partition coefficient (Wildman–Crippen LogP) is 3.19. The fourth-order valence-corrected chi connectivity index (χ4v) is 5.73. The molecule has 27 heavy (non-hydrogen) atoms. The third-order valence-corrected chi connectivity index (χ3v) is 7.00. The molecule has 4 rings (SSSR count). The number of rotatable bonds is 3. The molecular weight excluding hydrogens is 344 g/mol. The highest BCUT2D eigenvalue weighted by molar-refractivity contribution is 5.90. The normalized spacial score (nSPS) is 40.7. The number of benzene rings is 1. The zero-order valence-corrected chi connectivity index (χ0v) is 16.4. The van der Waals surface area contributed by atoms with Crippen LogP contribution in [0.3, 0.4) is 0 Å². The molecule has 5 atom stereocenters. The van der Waals surface area contributed by atoms with E-state index in [1.807, 2.05) is 58.0 Å². The van der Waals surface area contributed by atoms with Crippen LogP contribution in [0.25, 0.3) is 0 Å². The quantitative estimate of drug-likeness (QED) is 0.825. The number of ether oxygens (including phenoxy) is 2. The molecule has 0 amide bonds. The fourth-order valence-electron chi connectivity index (χ4n) is 5.73. The van der Waals surface area contributed by atoms with Crippen molar-refractivity contribution in [3.05, 3.63) is 35.9 Å². The van der Waals surface area contributed by atoms with Gasteiger partial charge in [0.1, 0.15) is 28.6 Å². The van der Waals surface area contributed by atoms with E-state index < -0.39 is 28.5 Å². The lowest BCUT2D eigenvalue weighted by molar-refractivity contribution is -0.302. The molecule has 1 aromatic carbocycles.